The molecule has 146 valence electrons. The zero-order valence-electron chi connectivity index (χ0n) is 15.5. The van der Waals surface area contributed by atoms with Crippen molar-refractivity contribution in [3.8, 4) is 0 Å². The molecule has 0 atom stereocenters. The van der Waals surface area contributed by atoms with Gasteiger partial charge in [-0.15, -0.1) is 0 Å². The van der Waals surface area contributed by atoms with Gasteiger partial charge in [0.25, 0.3) is 5.91 Å². The van der Waals surface area contributed by atoms with Crippen LogP contribution >= 0.6 is 23.4 Å². The summed E-state index contributed by atoms with van der Waals surface area (Å²) in [5.74, 6) is -0.271. The number of carbonyl (C=O) groups excluding carboxylic acids is 2. The van der Waals surface area contributed by atoms with Crippen LogP contribution in [0.5, 0.6) is 0 Å². The summed E-state index contributed by atoms with van der Waals surface area (Å²) in [5, 5.41) is 4.24. The van der Waals surface area contributed by atoms with Gasteiger partial charge in [0.1, 0.15) is 5.03 Å². The number of hydrogen-bond acceptors (Lipinski definition) is 4. The SMILES string of the molecule is O=C(CCN1C(=O)c2ccccc2Sc2ncccc21)NCc1ccccc1Cl. The summed E-state index contributed by atoms with van der Waals surface area (Å²) in [6, 6.07) is 18.5. The van der Waals surface area contributed by atoms with E-state index in [1.165, 1.54) is 11.8 Å². The fraction of sp³-hybridized carbons (Fsp3) is 0.136. The van der Waals surface area contributed by atoms with Crippen LogP contribution in [0.3, 0.4) is 0 Å². The lowest BCUT2D eigenvalue weighted by Gasteiger charge is -2.22. The van der Waals surface area contributed by atoms with Gasteiger partial charge in [0.15, 0.2) is 0 Å². The van der Waals surface area contributed by atoms with Gasteiger partial charge in [0.05, 0.1) is 11.3 Å². The number of hydrogen-bond donors (Lipinski definition) is 1. The number of anilines is 1. The number of amides is 2. The predicted octanol–water partition coefficient (Wildman–Crippen LogP) is 4.55. The third kappa shape index (κ3) is 4.28. The quantitative estimate of drug-likeness (QED) is 0.653. The number of nitrogens with one attached hydrogen (secondary N) is 1. The number of aromatic nitrogens is 1. The second-order valence-electron chi connectivity index (χ2n) is 6.50. The maximum absolute atomic E-state index is 13.2. The number of halogens is 1. The van der Waals surface area contributed by atoms with Gasteiger partial charge in [0, 0.05) is 35.6 Å². The van der Waals surface area contributed by atoms with Crippen molar-refractivity contribution in [2.75, 3.05) is 11.4 Å². The lowest BCUT2D eigenvalue weighted by atomic mass is 10.1. The van der Waals surface area contributed by atoms with Crippen LogP contribution in [0.1, 0.15) is 22.3 Å². The van der Waals surface area contributed by atoms with Gasteiger partial charge < -0.3 is 10.2 Å². The smallest absolute Gasteiger partial charge is 0.259 e. The van der Waals surface area contributed by atoms with Gasteiger partial charge in [-0.2, -0.15) is 0 Å². The number of pyridine rings is 1. The Labute approximate surface area is 178 Å². The topological polar surface area (TPSA) is 62.3 Å². The van der Waals surface area contributed by atoms with Crippen LogP contribution in [-0.4, -0.2) is 23.3 Å². The van der Waals surface area contributed by atoms with E-state index in [1.54, 1.807) is 29.3 Å². The molecule has 1 aliphatic rings. The maximum Gasteiger partial charge on any atom is 0.259 e. The van der Waals surface area contributed by atoms with Crippen molar-refractivity contribution >= 4 is 40.9 Å². The van der Waals surface area contributed by atoms with E-state index in [4.69, 9.17) is 11.6 Å². The highest BCUT2D eigenvalue weighted by Gasteiger charge is 2.27. The first-order valence-corrected chi connectivity index (χ1v) is 10.4. The highest BCUT2D eigenvalue weighted by Crippen LogP contribution is 2.39. The fourth-order valence-corrected chi connectivity index (χ4v) is 4.34. The summed E-state index contributed by atoms with van der Waals surface area (Å²) in [5.41, 5.74) is 2.19. The van der Waals surface area contributed by atoms with Crippen LogP contribution in [0.15, 0.2) is 76.8 Å². The molecule has 0 spiro atoms. The van der Waals surface area contributed by atoms with Gasteiger partial charge in [-0.25, -0.2) is 4.98 Å². The van der Waals surface area contributed by atoms with Crippen molar-refractivity contribution in [3.63, 3.8) is 0 Å². The highest BCUT2D eigenvalue weighted by atomic mass is 35.5. The van der Waals surface area contributed by atoms with E-state index < -0.39 is 0 Å². The molecule has 2 heterocycles. The first kappa shape index (κ1) is 19.5. The van der Waals surface area contributed by atoms with Crippen LogP contribution in [0.2, 0.25) is 5.02 Å². The molecule has 0 fully saturated rings. The molecular formula is C22H18ClN3O2S. The molecule has 0 unspecified atom stereocenters. The Morgan fingerprint density at radius 3 is 2.72 bits per heavy atom. The molecule has 0 saturated carbocycles. The van der Waals surface area contributed by atoms with Crippen molar-refractivity contribution in [1.82, 2.24) is 10.3 Å². The minimum atomic E-state index is -0.145. The summed E-state index contributed by atoms with van der Waals surface area (Å²) in [7, 11) is 0. The Morgan fingerprint density at radius 2 is 1.86 bits per heavy atom. The third-order valence-electron chi connectivity index (χ3n) is 4.61. The molecule has 0 aliphatic carbocycles. The monoisotopic (exact) mass is 423 g/mol. The van der Waals surface area contributed by atoms with Gasteiger partial charge >= 0.3 is 0 Å². The van der Waals surface area contributed by atoms with Gasteiger partial charge in [-0.1, -0.05) is 53.7 Å². The van der Waals surface area contributed by atoms with Crippen molar-refractivity contribution in [2.24, 2.45) is 0 Å². The molecule has 0 radical (unpaired) electrons. The minimum Gasteiger partial charge on any atom is -0.352 e. The first-order valence-electron chi connectivity index (χ1n) is 9.17. The Balaban J connectivity index is 1.49. The highest BCUT2D eigenvalue weighted by molar-refractivity contribution is 7.99. The molecule has 3 aromatic rings. The van der Waals surface area contributed by atoms with Gasteiger partial charge in [-0.3, -0.25) is 9.59 Å². The summed E-state index contributed by atoms with van der Waals surface area (Å²) < 4.78 is 0. The van der Waals surface area contributed by atoms with Crippen LogP contribution < -0.4 is 10.2 Å². The number of carbonyl (C=O) groups is 2. The molecule has 1 aliphatic heterocycles. The van der Waals surface area contributed by atoms with E-state index in [9.17, 15) is 9.59 Å². The molecular weight excluding hydrogens is 406 g/mol. The molecule has 4 rings (SSSR count). The van der Waals surface area contributed by atoms with E-state index in [-0.39, 0.29) is 24.8 Å². The average Bonchev–Trinajstić information content (AvgIpc) is 2.86. The van der Waals surface area contributed by atoms with Gasteiger partial charge in [-0.05, 0) is 35.9 Å². The van der Waals surface area contributed by atoms with Crippen molar-refractivity contribution < 1.29 is 9.59 Å². The molecule has 7 heteroatoms. The van der Waals surface area contributed by atoms with Crippen LogP contribution in [0.4, 0.5) is 5.69 Å². The molecule has 2 aromatic carbocycles. The van der Waals surface area contributed by atoms with E-state index >= 15 is 0 Å². The molecule has 5 nitrogen and oxygen atoms in total. The second kappa shape index (κ2) is 8.68. The lowest BCUT2D eigenvalue weighted by Crippen LogP contribution is -2.35. The normalized spacial score (nSPS) is 12.7. The standard InChI is InChI=1S/C22H18ClN3O2S/c23-17-8-3-1-6-15(17)14-25-20(27)11-13-26-18-9-5-12-24-21(18)29-19-10-4-2-7-16(19)22(26)28/h1-10,12H,11,13-14H2,(H,25,27). The van der Waals surface area contributed by atoms with Crippen molar-refractivity contribution in [3.05, 3.63) is 83.0 Å². The Kier molecular flexibility index (Phi) is 5.83. The zero-order chi connectivity index (χ0) is 20.2. The van der Waals surface area contributed by atoms with Crippen LogP contribution in [0, 0.1) is 0 Å². The summed E-state index contributed by atoms with van der Waals surface area (Å²) in [4.78, 5) is 32.5. The summed E-state index contributed by atoms with van der Waals surface area (Å²) in [6.07, 6.45) is 1.89. The molecule has 2 amide bonds. The minimum absolute atomic E-state index is 0.126. The molecule has 0 saturated heterocycles. The Bertz CT molecular complexity index is 1070. The van der Waals surface area contributed by atoms with E-state index in [0.29, 0.717) is 17.1 Å². The zero-order valence-corrected chi connectivity index (χ0v) is 17.0. The van der Waals surface area contributed by atoms with Crippen LogP contribution in [0.25, 0.3) is 0 Å². The largest absolute Gasteiger partial charge is 0.352 e. The molecule has 1 aromatic heterocycles. The Hall–Kier alpha value is -2.83. The van der Waals surface area contributed by atoms with Crippen LogP contribution in [-0.2, 0) is 11.3 Å². The first-order chi connectivity index (χ1) is 14.1. The van der Waals surface area contributed by atoms with Gasteiger partial charge in [0.2, 0.25) is 5.91 Å². The van der Waals surface area contributed by atoms with Crippen molar-refractivity contribution in [1.29, 1.82) is 0 Å². The van der Waals surface area contributed by atoms with E-state index in [1.807, 2.05) is 42.5 Å². The van der Waals surface area contributed by atoms with E-state index in [2.05, 4.69) is 10.3 Å². The molecule has 29 heavy (non-hydrogen) atoms. The second-order valence-corrected chi connectivity index (χ2v) is 7.94. The summed E-state index contributed by atoms with van der Waals surface area (Å²) >= 11 is 7.60. The average molecular weight is 424 g/mol. The maximum atomic E-state index is 13.2. The number of nitrogens with zero attached hydrogens (tertiary/aromatic N) is 2. The number of benzene rings is 2. The molecule has 1 N–H and O–H groups in total. The van der Waals surface area contributed by atoms with Crippen molar-refractivity contribution in [2.45, 2.75) is 22.9 Å². The fourth-order valence-electron chi connectivity index (χ4n) is 3.12. The molecule has 0 bridgehead atoms. The number of fused-ring (bicyclic) bond motifs is 2. The lowest BCUT2D eigenvalue weighted by molar-refractivity contribution is -0.121. The number of rotatable bonds is 5. The van der Waals surface area contributed by atoms with E-state index in [0.717, 1.165) is 21.2 Å². The summed E-state index contributed by atoms with van der Waals surface area (Å²) in [6.45, 7) is 0.615. The predicted molar refractivity (Wildman–Crippen MR) is 114 cm³/mol. The third-order valence-corrected chi connectivity index (χ3v) is 6.06. The Morgan fingerprint density at radius 1 is 1.07 bits per heavy atom.